The smallest absolute Gasteiger partial charge is 0 e. The number of hydrogen-bond acceptors (Lipinski definition) is 2. The van der Waals surface area contributed by atoms with Gasteiger partial charge in [-0.2, -0.15) is 0 Å². The predicted molar refractivity (Wildman–Crippen MR) is 11.1 cm³/mol. The molecule has 0 aliphatic heterocycles. The molecule has 0 spiro atoms. The van der Waals surface area contributed by atoms with Gasteiger partial charge >= 0.3 is 0 Å². The van der Waals surface area contributed by atoms with Crippen LogP contribution < -0.4 is 0 Å². The molecule has 0 amide bonds. The Kier molecular flexibility index (Phi) is 4260. The van der Waals surface area contributed by atoms with Crippen LogP contribution >= 0.6 is 0 Å². The summed E-state index contributed by atoms with van der Waals surface area (Å²) in [6, 6.07) is 0. The molecule has 0 atom stereocenters. The van der Waals surface area contributed by atoms with Crippen LogP contribution in [-0.4, -0.2) is 21.9 Å². The van der Waals surface area contributed by atoms with Crippen molar-refractivity contribution in [2.24, 2.45) is 0 Å². The third kappa shape index (κ3) is 101. The van der Waals surface area contributed by atoms with Crippen molar-refractivity contribution in [2.45, 2.75) is 0 Å². The van der Waals surface area contributed by atoms with E-state index < -0.39 is 0 Å². The third-order valence-corrected chi connectivity index (χ3v) is 0. The van der Waals surface area contributed by atoms with Gasteiger partial charge in [-0.25, -0.2) is 0 Å². The summed E-state index contributed by atoms with van der Waals surface area (Å²) in [5, 5.41) is 0. The van der Waals surface area contributed by atoms with Gasteiger partial charge in [0, 0.05) is 53.6 Å². The van der Waals surface area contributed by atoms with Gasteiger partial charge in [-0.15, -0.1) is 0 Å². The zero-order valence-corrected chi connectivity index (χ0v) is 8.48. The van der Waals surface area contributed by atoms with E-state index in [1.807, 2.05) is 0 Å². The van der Waals surface area contributed by atoms with Gasteiger partial charge in [0.15, 0.2) is 0 Å². The standard InChI is InChI=1S/2Fe.4H2O.Zn/h;;4*1H2;/p-2. The maximum atomic E-state index is 0. The minimum Gasteiger partial charge on any atom is -0.870 e. The van der Waals surface area contributed by atoms with Crippen LogP contribution in [0.5, 0.6) is 0 Å². The van der Waals surface area contributed by atoms with Gasteiger partial charge in [0.1, 0.15) is 0 Å². The zero-order chi connectivity index (χ0) is 0. The first-order chi connectivity index (χ1) is 0. The summed E-state index contributed by atoms with van der Waals surface area (Å²) in [6.07, 6.45) is 0. The molecule has 0 unspecified atom stereocenters. The van der Waals surface area contributed by atoms with Crippen molar-refractivity contribution in [2.75, 3.05) is 0 Å². The average Bonchev–Trinajstić information content (AvgIpc) is 0. The Labute approximate surface area is 75.4 Å². The van der Waals surface area contributed by atoms with Crippen LogP contribution in [0.2, 0.25) is 0 Å². The molecule has 4 nitrogen and oxygen atoms in total. The molecule has 0 aliphatic carbocycles. The molecule has 0 saturated carbocycles. The fourth-order valence-electron chi connectivity index (χ4n) is 0. The van der Waals surface area contributed by atoms with Crippen LogP contribution in [0.4, 0.5) is 0 Å². The molecule has 0 heterocycles. The van der Waals surface area contributed by atoms with Crippen LogP contribution in [0.15, 0.2) is 0 Å². The summed E-state index contributed by atoms with van der Waals surface area (Å²) in [5.41, 5.74) is 0. The molecule has 7 heteroatoms. The third-order valence-electron chi connectivity index (χ3n) is 0. The Morgan fingerprint density at radius 3 is 0.571 bits per heavy atom. The molecule has 0 aromatic heterocycles. The second-order valence-corrected chi connectivity index (χ2v) is 0. The molecule has 0 aromatic rings. The molecule has 0 rings (SSSR count). The van der Waals surface area contributed by atoms with E-state index in [-0.39, 0.29) is 75.5 Å². The first-order valence-electron chi connectivity index (χ1n) is 0. The summed E-state index contributed by atoms with van der Waals surface area (Å²) in [4.78, 5) is 0. The molecule has 0 aliphatic rings. The summed E-state index contributed by atoms with van der Waals surface area (Å²) >= 11 is 0. The zero-order valence-electron chi connectivity index (χ0n) is 3.31. The molecule has 0 saturated heterocycles. The molecular weight excluding hydrogens is 241 g/mol. The molecule has 0 aromatic carbocycles. The fraction of sp³-hybridized carbons (Fsp3) is 0. The summed E-state index contributed by atoms with van der Waals surface area (Å²) in [7, 11) is 0. The predicted octanol–water partition coefficient (Wildman–Crippen LogP) is -2.01. The first kappa shape index (κ1) is 212. The van der Waals surface area contributed by atoms with Crippen molar-refractivity contribution < 1.29 is 75.5 Å². The molecular formula is H6Fe2O4Zn-2. The molecule has 0 fully saturated rings. The van der Waals surface area contributed by atoms with E-state index in [9.17, 15) is 0 Å². The SMILES string of the molecule is O.O.[Fe].[Fe].[OH-].[OH-].[Zn]. The maximum Gasteiger partial charge on any atom is 0 e. The minimum atomic E-state index is 0. The van der Waals surface area contributed by atoms with E-state index in [0.29, 0.717) is 0 Å². The summed E-state index contributed by atoms with van der Waals surface area (Å²) in [5.74, 6) is 0. The van der Waals surface area contributed by atoms with Gasteiger partial charge in [0.05, 0.1) is 0 Å². The first-order valence-corrected chi connectivity index (χ1v) is 0. The van der Waals surface area contributed by atoms with Crippen molar-refractivity contribution in [1.29, 1.82) is 0 Å². The number of rotatable bonds is 0. The molecule has 50 valence electrons. The van der Waals surface area contributed by atoms with Crippen molar-refractivity contribution in [3.63, 3.8) is 0 Å². The second kappa shape index (κ2) is 141. The molecule has 6 N–H and O–H groups in total. The Bertz CT molecular complexity index is 9.65. The topological polar surface area (TPSA) is 123 Å². The Morgan fingerprint density at radius 1 is 0.571 bits per heavy atom. The van der Waals surface area contributed by atoms with E-state index in [4.69, 9.17) is 0 Å². The van der Waals surface area contributed by atoms with Gasteiger partial charge in [-0.05, 0) is 0 Å². The maximum absolute atomic E-state index is 0. The summed E-state index contributed by atoms with van der Waals surface area (Å²) < 4.78 is 0. The largest absolute Gasteiger partial charge is 0.870 e. The van der Waals surface area contributed by atoms with Crippen LogP contribution in [0.3, 0.4) is 0 Å². The van der Waals surface area contributed by atoms with Crippen LogP contribution in [0.25, 0.3) is 0 Å². The van der Waals surface area contributed by atoms with E-state index >= 15 is 0 Å². The van der Waals surface area contributed by atoms with Crippen LogP contribution in [-0.2, 0) is 53.6 Å². The Balaban J connectivity index is 0. The second-order valence-electron chi connectivity index (χ2n) is 0. The molecule has 0 bridgehead atoms. The van der Waals surface area contributed by atoms with E-state index in [0.717, 1.165) is 0 Å². The van der Waals surface area contributed by atoms with E-state index in [2.05, 4.69) is 0 Å². The minimum absolute atomic E-state index is 0. The Morgan fingerprint density at radius 2 is 0.571 bits per heavy atom. The van der Waals surface area contributed by atoms with Gasteiger partial charge < -0.3 is 21.9 Å². The monoisotopic (exact) mass is 246 g/mol. The Hall–Kier alpha value is 1.50. The van der Waals surface area contributed by atoms with Crippen LogP contribution in [0.1, 0.15) is 0 Å². The van der Waals surface area contributed by atoms with Crippen molar-refractivity contribution in [1.82, 2.24) is 0 Å². The quantitative estimate of drug-likeness (QED) is 0.459. The number of hydrogen-bond donors (Lipinski definition) is 0. The van der Waals surface area contributed by atoms with Gasteiger partial charge in [-0.1, -0.05) is 0 Å². The van der Waals surface area contributed by atoms with Crippen molar-refractivity contribution >= 4 is 0 Å². The normalized spacial score (nSPS) is 0. The van der Waals surface area contributed by atoms with E-state index in [1.54, 1.807) is 0 Å². The fourth-order valence-corrected chi connectivity index (χ4v) is 0. The van der Waals surface area contributed by atoms with Gasteiger partial charge in [-0.3, -0.25) is 0 Å². The van der Waals surface area contributed by atoms with Gasteiger partial charge in [0.25, 0.3) is 0 Å². The van der Waals surface area contributed by atoms with E-state index in [1.165, 1.54) is 0 Å². The molecule has 7 heavy (non-hydrogen) atoms. The van der Waals surface area contributed by atoms with Crippen LogP contribution in [0, 0.1) is 0 Å². The van der Waals surface area contributed by atoms with Gasteiger partial charge in [0.2, 0.25) is 0 Å². The average molecular weight is 247 g/mol. The van der Waals surface area contributed by atoms with Crippen molar-refractivity contribution in [3.05, 3.63) is 0 Å². The molecule has 0 radical (unpaired) electrons. The summed E-state index contributed by atoms with van der Waals surface area (Å²) in [6.45, 7) is 0. The van der Waals surface area contributed by atoms with Crippen molar-refractivity contribution in [3.8, 4) is 0 Å².